The van der Waals surface area contributed by atoms with Crippen LogP contribution in [0.15, 0.2) is 146 Å². The molecule has 0 saturated carbocycles. The van der Waals surface area contributed by atoms with E-state index in [-0.39, 0.29) is 0 Å². The van der Waals surface area contributed by atoms with Crippen LogP contribution in [0.1, 0.15) is 11.1 Å². The lowest BCUT2D eigenvalue weighted by Crippen LogP contribution is -1.95. The van der Waals surface area contributed by atoms with E-state index >= 15 is 0 Å². The number of benzene rings is 5. The van der Waals surface area contributed by atoms with Crippen LogP contribution in [-0.2, 0) is 0 Å². The molecule has 0 heterocycles. The second kappa shape index (κ2) is 9.84. The van der Waals surface area contributed by atoms with Crippen molar-refractivity contribution < 1.29 is 4.74 Å². The van der Waals surface area contributed by atoms with Gasteiger partial charge in [0, 0.05) is 5.57 Å². The molecule has 0 aliphatic heterocycles. The van der Waals surface area contributed by atoms with Crippen LogP contribution < -0.4 is 4.74 Å². The van der Waals surface area contributed by atoms with Crippen molar-refractivity contribution >= 4 is 5.57 Å². The highest BCUT2D eigenvalue weighted by Crippen LogP contribution is 2.33. The number of hydrogen-bond acceptors (Lipinski definition) is 1. The summed E-state index contributed by atoms with van der Waals surface area (Å²) >= 11 is 0. The van der Waals surface area contributed by atoms with Gasteiger partial charge in [0.25, 0.3) is 0 Å². The summed E-state index contributed by atoms with van der Waals surface area (Å²) in [6, 6.07) is 47.9. The van der Waals surface area contributed by atoms with Crippen LogP contribution in [0.3, 0.4) is 0 Å². The highest BCUT2D eigenvalue weighted by molar-refractivity contribution is 5.88. The Bertz CT molecular complexity index is 1340. The van der Waals surface area contributed by atoms with Gasteiger partial charge < -0.3 is 4.74 Å². The van der Waals surface area contributed by atoms with E-state index < -0.39 is 0 Å². The van der Waals surface area contributed by atoms with Crippen molar-refractivity contribution in [1.82, 2.24) is 0 Å². The molecule has 1 nitrogen and oxygen atoms in total. The van der Waals surface area contributed by atoms with Gasteiger partial charge in [-0.3, -0.25) is 0 Å². The monoisotopic (exact) mass is 424 g/mol. The molecule has 0 aliphatic carbocycles. The fourth-order valence-electron chi connectivity index (χ4n) is 3.98. The predicted octanol–water partition coefficient (Wildman–Crippen LogP) is 8.49. The minimum atomic E-state index is 0.806. The van der Waals surface area contributed by atoms with Gasteiger partial charge in [-0.05, 0) is 45.5 Å². The maximum atomic E-state index is 6.20. The standard InChI is InChI=1S/C32H24O/c1-4-12-25(13-5-1)26-20-22-29(23-21-26)33-24-32(28-16-8-3-9-17-28)31-19-11-10-18-30(31)27-14-6-2-7-15-27/h1-24H. The van der Waals surface area contributed by atoms with Crippen LogP contribution in [0.25, 0.3) is 27.8 Å². The fraction of sp³-hybridized carbons (Fsp3) is 0. The second-order valence-corrected chi connectivity index (χ2v) is 7.82. The van der Waals surface area contributed by atoms with E-state index in [9.17, 15) is 0 Å². The van der Waals surface area contributed by atoms with Gasteiger partial charge in [-0.15, -0.1) is 0 Å². The average molecular weight is 425 g/mol. The number of ether oxygens (including phenoxy) is 1. The van der Waals surface area contributed by atoms with Gasteiger partial charge in [0.05, 0.1) is 6.26 Å². The fourth-order valence-corrected chi connectivity index (χ4v) is 3.98. The first-order valence-corrected chi connectivity index (χ1v) is 11.1. The first-order valence-electron chi connectivity index (χ1n) is 11.1. The third-order valence-electron chi connectivity index (χ3n) is 5.66. The Hall–Kier alpha value is -4.36. The van der Waals surface area contributed by atoms with E-state index in [2.05, 4.69) is 109 Å². The zero-order valence-corrected chi connectivity index (χ0v) is 18.3. The Morgan fingerprint density at radius 3 is 1.64 bits per heavy atom. The van der Waals surface area contributed by atoms with Crippen LogP contribution in [-0.4, -0.2) is 0 Å². The quantitative estimate of drug-likeness (QED) is 0.248. The van der Waals surface area contributed by atoms with Crippen LogP contribution in [0.5, 0.6) is 5.75 Å². The van der Waals surface area contributed by atoms with E-state index in [1.807, 2.05) is 36.6 Å². The molecule has 0 fully saturated rings. The van der Waals surface area contributed by atoms with Gasteiger partial charge >= 0.3 is 0 Å². The maximum absolute atomic E-state index is 6.20. The summed E-state index contributed by atoms with van der Waals surface area (Å²) < 4.78 is 6.20. The first-order chi connectivity index (χ1) is 16.4. The van der Waals surface area contributed by atoms with Crippen molar-refractivity contribution in [3.8, 4) is 28.0 Å². The van der Waals surface area contributed by atoms with Gasteiger partial charge in [0.15, 0.2) is 0 Å². The molecule has 0 bridgehead atoms. The number of rotatable bonds is 6. The van der Waals surface area contributed by atoms with Gasteiger partial charge in [0.2, 0.25) is 0 Å². The van der Waals surface area contributed by atoms with Gasteiger partial charge in [0.1, 0.15) is 5.75 Å². The number of hydrogen-bond donors (Lipinski definition) is 0. The van der Waals surface area contributed by atoms with E-state index in [1.165, 1.54) is 22.3 Å². The van der Waals surface area contributed by atoms with Crippen molar-refractivity contribution in [1.29, 1.82) is 0 Å². The van der Waals surface area contributed by atoms with Crippen molar-refractivity contribution in [2.24, 2.45) is 0 Å². The molecule has 0 spiro atoms. The predicted molar refractivity (Wildman–Crippen MR) is 138 cm³/mol. The first kappa shape index (κ1) is 20.5. The SMILES string of the molecule is C(Oc1ccc(-c2ccccc2)cc1)=C(c1ccccc1)c1ccccc1-c1ccccc1. The largest absolute Gasteiger partial charge is 0.464 e. The van der Waals surface area contributed by atoms with Gasteiger partial charge in [-0.25, -0.2) is 0 Å². The Kier molecular flexibility index (Phi) is 6.13. The molecule has 0 unspecified atom stereocenters. The molecule has 5 aromatic carbocycles. The van der Waals surface area contributed by atoms with E-state index in [4.69, 9.17) is 4.74 Å². The summed E-state index contributed by atoms with van der Waals surface area (Å²) in [6.45, 7) is 0. The van der Waals surface area contributed by atoms with E-state index in [1.54, 1.807) is 0 Å². The summed E-state index contributed by atoms with van der Waals surface area (Å²) in [5.41, 5.74) is 8.02. The third-order valence-corrected chi connectivity index (χ3v) is 5.66. The molecule has 33 heavy (non-hydrogen) atoms. The minimum Gasteiger partial charge on any atom is -0.464 e. The molecule has 0 radical (unpaired) electrons. The second-order valence-electron chi connectivity index (χ2n) is 7.82. The van der Waals surface area contributed by atoms with Gasteiger partial charge in [-0.2, -0.15) is 0 Å². The third kappa shape index (κ3) is 4.78. The Balaban J connectivity index is 1.51. The highest BCUT2D eigenvalue weighted by atomic mass is 16.5. The zero-order valence-electron chi connectivity index (χ0n) is 18.3. The summed E-state index contributed by atoms with van der Waals surface area (Å²) in [7, 11) is 0. The molecule has 0 aromatic heterocycles. The lowest BCUT2D eigenvalue weighted by atomic mass is 9.91. The average Bonchev–Trinajstić information content (AvgIpc) is 2.91. The topological polar surface area (TPSA) is 9.23 Å². The molecule has 0 aliphatic rings. The Labute approximate surface area is 195 Å². The molecule has 5 rings (SSSR count). The summed E-state index contributed by atoms with van der Waals surface area (Å²) in [5.74, 6) is 0.806. The minimum absolute atomic E-state index is 0.806. The molecule has 158 valence electrons. The summed E-state index contributed by atoms with van der Waals surface area (Å²) in [5, 5.41) is 0. The van der Waals surface area contributed by atoms with Crippen molar-refractivity contribution in [3.05, 3.63) is 157 Å². The van der Waals surface area contributed by atoms with Crippen LogP contribution in [0.2, 0.25) is 0 Å². The smallest absolute Gasteiger partial charge is 0.126 e. The molecule has 1 heteroatoms. The van der Waals surface area contributed by atoms with Crippen LogP contribution >= 0.6 is 0 Å². The molecule has 5 aromatic rings. The molecular weight excluding hydrogens is 400 g/mol. The highest BCUT2D eigenvalue weighted by Gasteiger charge is 2.12. The molecule has 0 saturated heterocycles. The zero-order chi connectivity index (χ0) is 22.3. The molecular formula is C32H24O. The summed E-state index contributed by atoms with van der Waals surface area (Å²) in [4.78, 5) is 0. The van der Waals surface area contributed by atoms with Crippen molar-refractivity contribution in [2.45, 2.75) is 0 Å². The maximum Gasteiger partial charge on any atom is 0.126 e. The molecule has 0 amide bonds. The van der Waals surface area contributed by atoms with E-state index in [0.717, 1.165) is 22.4 Å². The lowest BCUT2D eigenvalue weighted by Gasteiger charge is -2.14. The summed E-state index contributed by atoms with van der Waals surface area (Å²) in [6.07, 6.45) is 1.87. The van der Waals surface area contributed by atoms with Crippen molar-refractivity contribution in [3.63, 3.8) is 0 Å². The van der Waals surface area contributed by atoms with Crippen LogP contribution in [0, 0.1) is 0 Å². The lowest BCUT2D eigenvalue weighted by molar-refractivity contribution is 0.483. The molecule has 0 N–H and O–H groups in total. The Morgan fingerprint density at radius 2 is 0.970 bits per heavy atom. The van der Waals surface area contributed by atoms with Crippen molar-refractivity contribution in [2.75, 3.05) is 0 Å². The normalized spacial score (nSPS) is 11.2. The Morgan fingerprint density at radius 1 is 0.455 bits per heavy atom. The van der Waals surface area contributed by atoms with E-state index in [0.29, 0.717) is 0 Å². The van der Waals surface area contributed by atoms with Crippen LogP contribution in [0.4, 0.5) is 0 Å². The van der Waals surface area contributed by atoms with Gasteiger partial charge in [-0.1, -0.05) is 127 Å². The molecule has 0 atom stereocenters.